The SMILES string of the molecule is CC(C)(C)C[O][V](=[O])=[O]. The van der Waals surface area contributed by atoms with Crippen LogP contribution in [0.25, 0.3) is 0 Å². The molecule has 0 unspecified atom stereocenters. The van der Waals surface area contributed by atoms with Gasteiger partial charge in [-0.15, -0.1) is 0 Å². The molecule has 0 aromatic heterocycles. The fraction of sp³-hybridized carbons (Fsp3) is 1.00. The van der Waals surface area contributed by atoms with Crippen molar-refractivity contribution < 1.29 is 26.4 Å². The summed E-state index contributed by atoms with van der Waals surface area (Å²) in [6, 6.07) is 0. The van der Waals surface area contributed by atoms with E-state index in [4.69, 9.17) is 0 Å². The third-order valence-electron chi connectivity index (χ3n) is 0.603. The van der Waals surface area contributed by atoms with Gasteiger partial charge in [-0.2, -0.15) is 0 Å². The number of hydrogen-bond donors (Lipinski definition) is 0. The first kappa shape index (κ1) is 9.14. The first-order valence-electron chi connectivity index (χ1n) is 2.69. The topological polar surface area (TPSA) is 43.4 Å². The van der Waals surface area contributed by atoms with Crippen molar-refractivity contribution in [1.82, 2.24) is 0 Å². The molecule has 0 aliphatic carbocycles. The van der Waals surface area contributed by atoms with Crippen molar-refractivity contribution in [2.45, 2.75) is 20.8 Å². The van der Waals surface area contributed by atoms with Crippen molar-refractivity contribution in [3.05, 3.63) is 0 Å². The summed E-state index contributed by atoms with van der Waals surface area (Å²) in [6.45, 7) is 6.06. The van der Waals surface area contributed by atoms with E-state index in [2.05, 4.69) is 3.66 Å². The minimum atomic E-state index is -3.33. The fourth-order valence-electron chi connectivity index (χ4n) is 0.246. The van der Waals surface area contributed by atoms with Gasteiger partial charge in [-0.1, -0.05) is 0 Å². The van der Waals surface area contributed by atoms with Gasteiger partial charge >= 0.3 is 59.2 Å². The Hall–Kier alpha value is 0.144. The van der Waals surface area contributed by atoms with Gasteiger partial charge in [-0.25, -0.2) is 0 Å². The monoisotopic (exact) mass is 170 g/mol. The minimum absolute atomic E-state index is 0.0537. The quantitative estimate of drug-likeness (QED) is 0.626. The van der Waals surface area contributed by atoms with Crippen molar-refractivity contribution in [3.63, 3.8) is 0 Å². The molecule has 0 heterocycles. The van der Waals surface area contributed by atoms with Gasteiger partial charge in [0.2, 0.25) is 0 Å². The molecule has 3 nitrogen and oxygen atoms in total. The molecule has 0 N–H and O–H groups in total. The van der Waals surface area contributed by atoms with Gasteiger partial charge in [-0.3, -0.25) is 0 Å². The van der Waals surface area contributed by atoms with Gasteiger partial charge in [0.1, 0.15) is 0 Å². The molecule has 0 atom stereocenters. The average molecular weight is 170 g/mol. The second kappa shape index (κ2) is 3.35. The second-order valence-electron chi connectivity index (χ2n) is 3.06. The molecule has 9 heavy (non-hydrogen) atoms. The summed E-state index contributed by atoms with van der Waals surface area (Å²) in [6.07, 6.45) is 0. The Bertz CT molecular complexity index is 135. The van der Waals surface area contributed by atoms with Crippen LogP contribution in [0.3, 0.4) is 0 Å². The molecule has 0 aliphatic heterocycles. The molecular formula is C5H11O3V. The Kier molecular flexibility index (Phi) is 3.40. The van der Waals surface area contributed by atoms with Crippen LogP contribution in [-0.2, 0) is 26.4 Å². The standard InChI is InChI=1S/C5H11O.2O.V/c1-5(2,3)4-6;;;/h4H2,1-3H3;;;/q-1;;;+1. The summed E-state index contributed by atoms with van der Waals surface area (Å²) in [7, 11) is 0. The molecule has 0 saturated heterocycles. The van der Waals surface area contributed by atoms with Gasteiger partial charge in [0.05, 0.1) is 0 Å². The Morgan fingerprint density at radius 3 is 1.89 bits per heavy atom. The zero-order chi connectivity index (χ0) is 7.49. The van der Waals surface area contributed by atoms with Crippen LogP contribution in [0.2, 0.25) is 0 Å². The Labute approximate surface area is 59.8 Å². The zero-order valence-corrected chi connectivity index (χ0v) is 7.28. The molecule has 0 saturated carbocycles. The Balaban J connectivity index is 3.52. The van der Waals surface area contributed by atoms with Crippen molar-refractivity contribution in [2.24, 2.45) is 5.41 Å². The molecule has 54 valence electrons. The zero-order valence-electron chi connectivity index (χ0n) is 5.88. The van der Waals surface area contributed by atoms with Gasteiger partial charge in [0, 0.05) is 0 Å². The summed E-state index contributed by atoms with van der Waals surface area (Å²) in [4.78, 5) is 0. The van der Waals surface area contributed by atoms with E-state index in [1.807, 2.05) is 20.8 Å². The summed E-state index contributed by atoms with van der Waals surface area (Å²) in [5.74, 6) is 0. The third kappa shape index (κ3) is 8.14. The third-order valence-corrected chi connectivity index (χ3v) is 1.13. The van der Waals surface area contributed by atoms with Crippen molar-refractivity contribution in [3.8, 4) is 0 Å². The summed E-state index contributed by atoms with van der Waals surface area (Å²) < 4.78 is 24.3. The molecule has 0 spiro atoms. The van der Waals surface area contributed by atoms with Crippen molar-refractivity contribution in [2.75, 3.05) is 6.61 Å². The van der Waals surface area contributed by atoms with Gasteiger partial charge in [-0.05, 0) is 0 Å². The normalized spacial score (nSPS) is 11.4. The molecule has 0 bridgehead atoms. The van der Waals surface area contributed by atoms with E-state index in [0.717, 1.165) is 0 Å². The van der Waals surface area contributed by atoms with Crippen LogP contribution in [0.1, 0.15) is 20.8 Å². The van der Waals surface area contributed by atoms with E-state index >= 15 is 0 Å². The molecule has 0 radical (unpaired) electrons. The van der Waals surface area contributed by atoms with E-state index in [-0.39, 0.29) is 5.41 Å². The molecule has 0 rings (SSSR count). The first-order valence-corrected chi connectivity index (χ1v) is 4.40. The van der Waals surface area contributed by atoms with Crippen LogP contribution in [0.5, 0.6) is 0 Å². The summed E-state index contributed by atoms with van der Waals surface area (Å²) in [5, 5.41) is 0. The molecule has 0 aromatic carbocycles. The maximum absolute atomic E-state index is 9.94. The van der Waals surface area contributed by atoms with Crippen molar-refractivity contribution in [1.29, 1.82) is 0 Å². The molecular weight excluding hydrogens is 159 g/mol. The van der Waals surface area contributed by atoms with Crippen LogP contribution in [0, 0.1) is 5.41 Å². The second-order valence-corrected chi connectivity index (χ2v) is 4.16. The Morgan fingerprint density at radius 2 is 1.78 bits per heavy atom. The predicted octanol–water partition coefficient (Wildman–Crippen LogP) is 1.27. The van der Waals surface area contributed by atoms with Crippen LogP contribution < -0.4 is 0 Å². The van der Waals surface area contributed by atoms with E-state index in [0.29, 0.717) is 6.61 Å². The van der Waals surface area contributed by atoms with Gasteiger partial charge in [0.15, 0.2) is 0 Å². The Morgan fingerprint density at radius 1 is 1.33 bits per heavy atom. The molecule has 0 aromatic rings. The predicted molar refractivity (Wildman–Crippen MR) is 26.8 cm³/mol. The van der Waals surface area contributed by atoms with Crippen LogP contribution >= 0.6 is 0 Å². The molecule has 0 aliphatic rings. The molecule has 0 amide bonds. The maximum atomic E-state index is 9.94. The van der Waals surface area contributed by atoms with Crippen molar-refractivity contribution >= 4 is 0 Å². The molecule has 4 heteroatoms. The fourth-order valence-corrected chi connectivity index (χ4v) is 1.02. The van der Waals surface area contributed by atoms with Gasteiger partial charge in [0.25, 0.3) is 0 Å². The first-order chi connectivity index (χ1) is 3.92. The number of rotatable bonds is 2. The van der Waals surface area contributed by atoms with E-state index < -0.39 is 15.4 Å². The van der Waals surface area contributed by atoms with E-state index in [1.54, 1.807) is 0 Å². The van der Waals surface area contributed by atoms with Crippen LogP contribution in [0.15, 0.2) is 0 Å². The number of hydrogen-bond acceptors (Lipinski definition) is 3. The van der Waals surface area contributed by atoms with Crippen LogP contribution in [0.4, 0.5) is 0 Å². The van der Waals surface area contributed by atoms with Crippen LogP contribution in [-0.4, -0.2) is 6.61 Å². The van der Waals surface area contributed by atoms with E-state index in [1.165, 1.54) is 0 Å². The van der Waals surface area contributed by atoms with E-state index in [9.17, 15) is 7.35 Å². The average Bonchev–Trinajstić information content (AvgIpc) is 1.59. The summed E-state index contributed by atoms with van der Waals surface area (Å²) >= 11 is -3.33. The molecule has 0 fully saturated rings. The summed E-state index contributed by atoms with van der Waals surface area (Å²) in [5.41, 5.74) is -0.0537. The van der Waals surface area contributed by atoms with Gasteiger partial charge < -0.3 is 0 Å².